The van der Waals surface area contributed by atoms with Gasteiger partial charge in [0, 0.05) is 13.2 Å². The van der Waals surface area contributed by atoms with Crippen LogP contribution in [-0.2, 0) is 19.6 Å². The molecule has 172 valence electrons. The predicted octanol–water partition coefficient (Wildman–Crippen LogP) is 3.97. The van der Waals surface area contributed by atoms with Gasteiger partial charge in [0.15, 0.2) is 0 Å². The number of nitrogens with one attached hydrogen (secondary N) is 1. The van der Waals surface area contributed by atoms with Crippen molar-refractivity contribution in [1.29, 1.82) is 0 Å². The highest BCUT2D eigenvalue weighted by atomic mass is 32.2. The van der Waals surface area contributed by atoms with Gasteiger partial charge in [-0.2, -0.15) is 0 Å². The van der Waals surface area contributed by atoms with Gasteiger partial charge in [0.2, 0.25) is 5.91 Å². The molecule has 0 bridgehead atoms. The summed E-state index contributed by atoms with van der Waals surface area (Å²) in [7, 11) is -3.96. The molecule has 3 aromatic rings. The molecule has 0 spiro atoms. The molecule has 1 aliphatic rings. The Bertz CT molecular complexity index is 1150. The lowest BCUT2D eigenvalue weighted by molar-refractivity contribution is -0.120. The molecule has 1 amide bonds. The summed E-state index contributed by atoms with van der Waals surface area (Å²) in [6, 6.07) is 24.0. The van der Waals surface area contributed by atoms with E-state index in [9.17, 15) is 13.2 Å². The number of sulfonamides is 1. The van der Waals surface area contributed by atoms with Crippen molar-refractivity contribution in [3.8, 4) is 11.5 Å². The summed E-state index contributed by atoms with van der Waals surface area (Å²) in [5.74, 6) is 0.840. The van der Waals surface area contributed by atoms with E-state index in [-0.39, 0.29) is 17.5 Å². The van der Waals surface area contributed by atoms with E-state index in [1.165, 1.54) is 12.1 Å². The number of hydrogen-bond donors (Lipinski definition) is 1. The van der Waals surface area contributed by atoms with Crippen molar-refractivity contribution < 1.29 is 22.7 Å². The Morgan fingerprint density at radius 2 is 1.58 bits per heavy atom. The van der Waals surface area contributed by atoms with Crippen LogP contribution in [0.5, 0.6) is 11.5 Å². The second-order valence-corrected chi connectivity index (χ2v) is 9.54. The van der Waals surface area contributed by atoms with Crippen LogP contribution < -0.4 is 14.4 Å². The third kappa shape index (κ3) is 5.91. The van der Waals surface area contributed by atoms with Gasteiger partial charge in [-0.15, -0.1) is 0 Å². The summed E-state index contributed by atoms with van der Waals surface area (Å²) in [4.78, 5) is 12.8. The van der Waals surface area contributed by atoms with Crippen LogP contribution in [0.4, 0.5) is 5.69 Å². The number of benzene rings is 3. The minimum absolute atomic E-state index is 0.0254. The first kappa shape index (κ1) is 22.8. The second-order valence-electron chi connectivity index (χ2n) is 7.67. The molecular formula is C25H26N2O5S. The van der Waals surface area contributed by atoms with Crippen LogP contribution >= 0.6 is 0 Å². The van der Waals surface area contributed by atoms with Crippen LogP contribution in [-0.4, -0.2) is 40.1 Å². The van der Waals surface area contributed by atoms with Crippen molar-refractivity contribution in [3.05, 3.63) is 84.9 Å². The monoisotopic (exact) mass is 466 g/mol. The molecule has 1 saturated heterocycles. The predicted molar refractivity (Wildman–Crippen MR) is 126 cm³/mol. The number of amides is 1. The number of hydrogen-bond acceptors (Lipinski definition) is 5. The largest absolute Gasteiger partial charge is 0.457 e. The third-order valence-electron chi connectivity index (χ3n) is 5.27. The molecule has 0 aromatic heterocycles. The zero-order valence-electron chi connectivity index (χ0n) is 18.1. The maximum absolute atomic E-state index is 13.4. The van der Waals surface area contributed by atoms with E-state index in [4.69, 9.17) is 9.47 Å². The van der Waals surface area contributed by atoms with E-state index >= 15 is 0 Å². The maximum atomic E-state index is 13.4. The van der Waals surface area contributed by atoms with Crippen molar-refractivity contribution in [2.45, 2.75) is 23.8 Å². The van der Waals surface area contributed by atoms with Gasteiger partial charge in [0.1, 0.15) is 18.0 Å². The third-order valence-corrected chi connectivity index (χ3v) is 7.06. The average Bonchev–Trinajstić information content (AvgIpc) is 3.37. The molecule has 33 heavy (non-hydrogen) atoms. The van der Waals surface area contributed by atoms with Gasteiger partial charge in [-0.05, 0) is 61.4 Å². The highest BCUT2D eigenvalue weighted by Crippen LogP contribution is 2.28. The molecule has 1 heterocycles. The minimum atomic E-state index is -3.96. The summed E-state index contributed by atoms with van der Waals surface area (Å²) in [6.07, 6.45) is 1.82. The van der Waals surface area contributed by atoms with Crippen LogP contribution in [0.3, 0.4) is 0 Å². The van der Waals surface area contributed by atoms with Gasteiger partial charge in [-0.1, -0.05) is 36.4 Å². The second kappa shape index (κ2) is 10.5. The topological polar surface area (TPSA) is 84.9 Å². The number of anilines is 1. The fourth-order valence-electron chi connectivity index (χ4n) is 3.56. The molecule has 1 N–H and O–H groups in total. The number of ether oxygens (including phenoxy) is 2. The van der Waals surface area contributed by atoms with Crippen molar-refractivity contribution in [3.63, 3.8) is 0 Å². The Labute approximate surface area is 194 Å². The number of carbonyl (C=O) groups excluding carboxylic acids is 1. The molecular weight excluding hydrogens is 440 g/mol. The molecule has 0 saturated carbocycles. The lowest BCUT2D eigenvalue weighted by Gasteiger charge is -2.24. The molecule has 8 heteroatoms. The first-order chi connectivity index (χ1) is 16.0. The average molecular weight is 467 g/mol. The van der Waals surface area contributed by atoms with Crippen LogP contribution in [0.2, 0.25) is 0 Å². The Kier molecular flexibility index (Phi) is 7.26. The van der Waals surface area contributed by atoms with Crippen molar-refractivity contribution >= 4 is 21.6 Å². The minimum Gasteiger partial charge on any atom is -0.457 e. The summed E-state index contributed by atoms with van der Waals surface area (Å²) in [5, 5.41) is 2.80. The molecule has 1 fully saturated rings. The van der Waals surface area contributed by atoms with E-state index in [0.29, 0.717) is 30.3 Å². The van der Waals surface area contributed by atoms with E-state index in [0.717, 1.165) is 17.1 Å². The van der Waals surface area contributed by atoms with Crippen LogP contribution in [0.1, 0.15) is 12.8 Å². The highest BCUT2D eigenvalue weighted by molar-refractivity contribution is 7.92. The van der Waals surface area contributed by atoms with Crippen molar-refractivity contribution in [1.82, 2.24) is 5.32 Å². The fraction of sp³-hybridized carbons (Fsp3) is 0.240. The fourth-order valence-corrected chi connectivity index (χ4v) is 5.00. The summed E-state index contributed by atoms with van der Waals surface area (Å²) in [6.45, 7) is 0.706. The van der Waals surface area contributed by atoms with Crippen LogP contribution in [0.15, 0.2) is 89.8 Å². The Morgan fingerprint density at radius 3 is 2.21 bits per heavy atom. The van der Waals surface area contributed by atoms with Crippen molar-refractivity contribution in [2.24, 2.45) is 0 Å². The quantitative estimate of drug-likeness (QED) is 0.516. The first-order valence-corrected chi connectivity index (χ1v) is 12.3. The van der Waals surface area contributed by atoms with Crippen LogP contribution in [0.25, 0.3) is 0 Å². The lowest BCUT2D eigenvalue weighted by Crippen LogP contribution is -2.42. The normalized spacial score (nSPS) is 15.7. The summed E-state index contributed by atoms with van der Waals surface area (Å²) < 4.78 is 39.2. The lowest BCUT2D eigenvalue weighted by atomic mass is 10.2. The van der Waals surface area contributed by atoms with E-state index in [1.54, 1.807) is 42.5 Å². The number of rotatable bonds is 9. The molecule has 0 aliphatic carbocycles. The SMILES string of the molecule is O=C(CN(c1ccc(Oc2ccccc2)cc1)S(=O)(=O)c1ccccc1)NC[C@@H]1CCCO1. The van der Waals surface area contributed by atoms with Gasteiger partial charge in [-0.3, -0.25) is 9.10 Å². The van der Waals surface area contributed by atoms with E-state index in [2.05, 4.69) is 5.32 Å². The van der Waals surface area contributed by atoms with E-state index in [1.807, 2.05) is 30.3 Å². The summed E-state index contributed by atoms with van der Waals surface area (Å²) >= 11 is 0. The van der Waals surface area contributed by atoms with Gasteiger partial charge in [0.25, 0.3) is 10.0 Å². The maximum Gasteiger partial charge on any atom is 0.264 e. The molecule has 3 aromatic carbocycles. The molecule has 0 radical (unpaired) electrons. The Morgan fingerprint density at radius 1 is 0.939 bits per heavy atom. The van der Waals surface area contributed by atoms with Gasteiger partial charge >= 0.3 is 0 Å². The standard InChI is InChI=1S/C25H26N2O5S/c28-25(26-18-23-10-7-17-31-23)19-27(33(29,30)24-11-5-2-6-12-24)20-13-15-22(16-14-20)32-21-8-3-1-4-9-21/h1-6,8-9,11-16,23H,7,10,17-19H2,(H,26,28)/t23-/m0/s1. The Hall–Kier alpha value is -3.36. The smallest absolute Gasteiger partial charge is 0.264 e. The molecule has 4 rings (SSSR count). The number of nitrogens with zero attached hydrogens (tertiary/aromatic N) is 1. The summed E-state index contributed by atoms with van der Waals surface area (Å²) in [5.41, 5.74) is 0.367. The Balaban J connectivity index is 1.54. The zero-order chi connectivity index (χ0) is 23.1. The van der Waals surface area contributed by atoms with Gasteiger partial charge in [-0.25, -0.2) is 8.42 Å². The van der Waals surface area contributed by atoms with Crippen LogP contribution in [0, 0.1) is 0 Å². The number of carbonyl (C=O) groups is 1. The van der Waals surface area contributed by atoms with Gasteiger partial charge < -0.3 is 14.8 Å². The molecule has 1 aliphatic heterocycles. The number of para-hydroxylation sites is 1. The zero-order valence-corrected chi connectivity index (χ0v) is 18.9. The molecule has 0 unspecified atom stereocenters. The van der Waals surface area contributed by atoms with Crippen molar-refractivity contribution in [2.75, 3.05) is 24.0 Å². The highest BCUT2D eigenvalue weighted by Gasteiger charge is 2.27. The molecule has 7 nitrogen and oxygen atoms in total. The molecule has 1 atom stereocenters. The first-order valence-electron chi connectivity index (χ1n) is 10.8. The van der Waals surface area contributed by atoms with Gasteiger partial charge in [0.05, 0.1) is 16.7 Å². The van der Waals surface area contributed by atoms with E-state index < -0.39 is 15.9 Å².